The van der Waals surface area contributed by atoms with Gasteiger partial charge >= 0.3 is 0 Å². The normalized spacial score (nSPS) is 11.0. The molecule has 0 aliphatic heterocycles. The summed E-state index contributed by atoms with van der Waals surface area (Å²) in [4.78, 5) is 50.3. The van der Waals surface area contributed by atoms with Crippen molar-refractivity contribution in [3.63, 3.8) is 0 Å². The summed E-state index contributed by atoms with van der Waals surface area (Å²) in [6.07, 6.45) is 1.53. The van der Waals surface area contributed by atoms with Crippen LogP contribution in [-0.4, -0.2) is 56.1 Å². The van der Waals surface area contributed by atoms with E-state index < -0.39 is 0 Å². The minimum Gasteiger partial charge on any atom is -0.396 e. The summed E-state index contributed by atoms with van der Waals surface area (Å²) in [5.74, 6) is 5.55. The van der Waals surface area contributed by atoms with Crippen LogP contribution in [-0.2, 0) is 16.1 Å². The van der Waals surface area contributed by atoms with E-state index in [1.165, 1.54) is 13.8 Å². The van der Waals surface area contributed by atoms with Gasteiger partial charge < -0.3 is 9.68 Å². The zero-order valence-corrected chi connectivity index (χ0v) is 27.1. The standard InChI is InChI=1S/C18H21N3O2.C18H17N3O2/c2*1-13-7-4-10-17(19-13)14(2)21-23-12-6-9-16-8-5-11-18(20-16)15(3)22/h4-5,7-8,10-11H,6,9,12H2,1-3H3;4-5,7-8,10-11H,12H2,1-3H3/b2*21-14+. The molecule has 0 saturated carbocycles. The molecule has 0 bridgehead atoms. The monoisotopic (exact) mass is 618 g/mol. The van der Waals surface area contributed by atoms with E-state index in [4.69, 9.17) is 9.68 Å². The molecule has 10 heteroatoms. The van der Waals surface area contributed by atoms with E-state index in [0.29, 0.717) is 29.4 Å². The SMILES string of the molecule is CC(=O)c1cccc(C#CCO/N=C(\C)c2cccc(C)n2)n1.CC(=O)c1cccc(CCCO/N=C(\C)c2cccc(C)n2)n1. The Balaban J connectivity index is 0.000000250. The minimum absolute atomic E-state index is 0.0195. The molecular formula is C36H38N6O4. The van der Waals surface area contributed by atoms with Gasteiger partial charge in [0.1, 0.15) is 35.1 Å². The highest BCUT2D eigenvalue weighted by Gasteiger charge is 2.04. The Kier molecular flexibility index (Phi) is 13.9. The smallest absolute Gasteiger partial charge is 0.178 e. The van der Waals surface area contributed by atoms with Crippen LogP contribution in [0.5, 0.6) is 0 Å². The van der Waals surface area contributed by atoms with Crippen molar-refractivity contribution in [3.8, 4) is 11.8 Å². The topological polar surface area (TPSA) is 129 Å². The molecule has 0 unspecified atom stereocenters. The van der Waals surface area contributed by atoms with Gasteiger partial charge in [-0.05, 0) is 95.0 Å². The van der Waals surface area contributed by atoms with Gasteiger partial charge in [0.15, 0.2) is 18.2 Å². The van der Waals surface area contributed by atoms with Gasteiger partial charge in [-0.3, -0.25) is 19.6 Å². The van der Waals surface area contributed by atoms with Gasteiger partial charge in [0.05, 0.1) is 11.4 Å². The van der Waals surface area contributed by atoms with Crippen molar-refractivity contribution in [2.24, 2.45) is 10.3 Å². The van der Waals surface area contributed by atoms with Crippen LogP contribution in [0.15, 0.2) is 83.1 Å². The summed E-state index contributed by atoms with van der Waals surface area (Å²) in [7, 11) is 0. The fourth-order valence-corrected chi connectivity index (χ4v) is 3.85. The highest BCUT2D eigenvalue weighted by Crippen LogP contribution is 2.05. The van der Waals surface area contributed by atoms with Gasteiger partial charge in [0, 0.05) is 30.9 Å². The largest absolute Gasteiger partial charge is 0.396 e. The molecule has 0 fully saturated rings. The lowest BCUT2D eigenvalue weighted by molar-refractivity contribution is 0.1000. The first kappa shape index (κ1) is 34.9. The molecule has 0 aliphatic carbocycles. The number of ketones is 2. The van der Waals surface area contributed by atoms with Crippen molar-refractivity contribution in [1.82, 2.24) is 19.9 Å². The maximum Gasteiger partial charge on any atom is 0.178 e. The first-order chi connectivity index (χ1) is 22.1. The minimum atomic E-state index is -0.0872. The van der Waals surface area contributed by atoms with Gasteiger partial charge in [-0.2, -0.15) is 0 Å². The summed E-state index contributed by atoms with van der Waals surface area (Å²) < 4.78 is 0. The Morgan fingerprint density at radius 1 is 0.652 bits per heavy atom. The number of pyridine rings is 4. The maximum absolute atomic E-state index is 11.3. The maximum atomic E-state index is 11.3. The van der Waals surface area contributed by atoms with Crippen molar-refractivity contribution < 1.29 is 19.3 Å². The molecular weight excluding hydrogens is 580 g/mol. The number of nitrogens with zero attached hydrogens (tertiary/aromatic N) is 6. The summed E-state index contributed by atoms with van der Waals surface area (Å²) in [6.45, 7) is 11.2. The summed E-state index contributed by atoms with van der Waals surface area (Å²) in [5.41, 5.74) is 7.23. The van der Waals surface area contributed by atoms with Crippen molar-refractivity contribution in [3.05, 3.63) is 118 Å². The molecule has 4 aromatic rings. The lowest BCUT2D eigenvalue weighted by atomic mass is 10.2. The van der Waals surface area contributed by atoms with Gasteiger partial charge in [0.2, 0.25) is 0 Å². The van der Waals surface area contributed by atoms with Gasteiger partial charge in [-0.15, -0.1) is 0 Å². The van der Waals surface area contributed by atoms with Crippen LogP contribution in [0, 0.1) is 25.7 Å². The third-order valence-corrected chi connectivity index (χ3v) is 6.22. The van der Waals surface area contributed by atoms with E-state index in [9.17, 15) is 9.59 Å². The third kappa shape index (κ3) is 12.2. The number of carbonyl (C=O) groups is 2. The number of carbonyl (C=O) groups excluding carboxylic acids is 2. The van der Waals surface area contributed by atoms with Crippen molar-refractivity contribution in [2.75, 3.05) is 13.2 Å². The van der Waals surface area contributed by atoms with Gasteiger partial charge in [0.25, 0.3) is 0 Å². The van der Waals surface area contributed by atoms with Crippen LogP contribution in [0.4, 0.5) is 0 Å². The Bertz CT molecular complexity index is 1770. The molecule has 0 spiro atoms. The third-order valence-electron chi connectivity index (χ3n) is 6.22. The van der Waals surface area contributed by atoms with Crippen LogP contribution >= 0.6 is 0 Å². The first-order valence-electron chi connectivity index (χ1n) is 14.8. The Morgan fingerprint density at radius 3 is 1.76 bits per heavy atom. The second-order valence-corrected chi connectivity index (χ2v) is 10.2. The second-order valence-electron chi connectivity index (χ2n) is 10.2. The van der Waals surface area contributed by atoms with Crippen molar-refractivity contribution in [2.45, 2.75) is 54.4 Å². The lowest BCUT2D eigenvalue weighted by Crippen LogP contribution is -2.03. The number of aryl methyl sites for hydroxylation is 3. The fraction of sp³-hybridized carbons (Fsp3) is 0.278. The molecule has 0 N–H and O–H groups in total. The van der Waals surface area contributed by atoms with Crippen LogP contribution in [0.1, 0.15) is 89.3 Å². The van der Waals surface area contributed by atoms with Gasteiger partial charge in [-0.25, -0.2) is 9.97 Å². The predicted octanol–water partition coefficient (Wildman–Crippen LogP) is 6.14. The zero-order valence-electron chi connectivity index (χ0n) is 27.1. The molecule has 4 rings (SSSR count). The van der Waals surface area contributed by atoms with E-state index in [-0.39, 0.29) is 18.2 Å². The first-order valence-corrected chi connectivity index (χ1v) is 14.8. The van der Waals surface area contributed by atoms with Crippen LogP contribution in [0.3, 0.4) is 0 Å². The molecule has 4 aromatic heterocycles. The fourth-order valence-electron chi connectivity index (χ4n) is 3.85. The molecule has 0 atom stereocenters. The highest BCUT2D eigenvalue weighted by molar-refractivity contribution is 5.97. The number of hydrogen-bond acceptors (Lipinski definition) is 10. The number of hydrogen-bond donors (Lipinski definition) is 0. The Hall–Kier alpha value is -5.56. The van der Waals surface area contributed by atoms with Crippen LogP contribution in [0.2, 0.25) is 0 Å². The quantitative estimate of drug-likeness (QED) is 0.0644. The number of oxime groups is 2. The van der Waals surface area contributed by atoms with Crippen LogP contribution < -0.4 is 0 Å². The molecule has 0 saturated heterocycles. The number of Topliss-reactive ketones (excluding diaryl/α,β-unsaturated/α-hetero) is 2. The Labute approximate surface area is 270 Å². The van der Waals surface area contributed by atoms with E-state index in [1.54, 1.807) is 24.3 Å². The average Bonchev–Trinajstić information content (AvgIpc) is 3.05. The number of rotatable bonds is 11. The van der Waals surface area contributed by atoms with Gasteiger partial charge in [-0.1, -0.05) is 40.5 Å². The van der Waals surface area contributed by atoms with Crippen molar-refractivity contribution >= 4 is 23.0 Å². The molecule has 46 heavy (non-hydrogen) atoms. The van der Waals surface area contributed by atoms with E-state index in [2.05, 4.69) is 42.1 Å². The zero-order chi connectivity index (χ0) is 33.3. The molecule has 10 nitrogen and oxygen atoms in total. The number of aromatic nitrogens is 4. The predicted molar refractivity (Wildman–Crippen MR) is 178 cm³/mol. The van der Waals surface area contributed by atoms with E-state index in [0.717, 1.165) is 47.0 Å². The van der Waals surface area contributed by atoms with E-state index in [1.807, 2.05) is 76.2 Å². The average molecular weight is 619 g/mol. The molecule has 0 amide bonds. The molecule has 236 valence electrons. The summed E-state index contributed by atoms with van der Waals surface area (Å²) in [6, 6.07) is 22.2. The van der Waals surface area contributed by atoms with E-state index >= 15 is 0 Å². The molecule has 4 heterocycles. The molecule has 0 aliphatic rings. The second kappa shape index (κ2) is 18.3. The molecule has 0 radical (unpaired) electrons. The Morgan fingerprint density at radius 2 is 1.17 bits per heavy atom. The van der Waals surface area contributed by atoms with Crippen LogP contribution in [0.25, 0.3) is 0 Å². The van der Waals surface area contributed by atoms with Crippen molar-refractivity contribution in [1.29, 1.82) is 0 Å². The summed E-state index contributed by atoms with van der Waals surface area (Å²) >= 11 is 0. The lowest BCUT2D eigenvalue weighted by Gasteiger charge is -2.04. The highest BCUT2D eigenvalue weighted by atomic mass is 16.6. The summed E-state index contributed by atoms with van der Waals surface area (Å²) in [5, 5.41) is 8.08. The molecule has 0 aromatic carbocycles.